The van der Waals surface area contributed by atoms with E-state index in [1.807, 2.05) is 0 Å². The van der Waals surface area contributed by atoms with Crippen molar-refractivity contribution in [3.05, 3.63) is 28.8 Å². The first-order chi connectivity index (χ1) is 9.08. The minimum absolute atomic E-state index is 0.790. The molecule has 0 fully saturated rings. The highest BCUT2D eigenvalue weighted by Crippen LogP contribution is 2.24. The lowest BCUT2D eigenvalue weighted by molar-refractivity contribution is 0.327. The van der Waals surface area contributed by atoms with Crippen LogP contribution in [0, 0.1) is 13.8 Å². The first-order valence-corrected chi connectivity index (χ1v) is 7.11. The van der Waals surface area contributed by atoms with Crippen LogP contribution in [0.15, 0.2) is 12.1 Å². The normalized spacial score (nSPS) is 11.1. The number of hydrogen-bond donors (Lipinski definition) is 1. The summed E-state index contributed by atoms with van der Waals surface area (Å²) in [7, 11) is 3.93. The third-order valence-electron chi connectivity index (χ3n) is 3.53. The highest BCUT2D eigenvalue weighted by atomic mass is 16.5. The van der Waals surface area contributed by atoms with Crippen molar-refractivity contribution < 1.29 is 4.74 Å². The van der Waals surface area contributed by atoms with Crippen LogP contribution >= 0.6 is 0 Å². The maximum absolute atomic E-state index is 5.52. The highest BCUT2D eigenvalue weighted by Gasteiger charge is 2.08. The van der Waals surface area contributed by atoms with Gasteiger partial charge in [-0.05, 0) is 76.0 Å². The number of nitrogens with zero attached hydrogens (tertiary/aromatic N) is 1. The molecule has 0 unspecified atom stereocenters. The summed E-state index contributed by atoms with van der Waals surface area (Å²) in [4.78, 5) is 2.37. The largest absolute Gasteiger partial charge is 0.496 e. The van der Waals surface area contributed by atoms with Crippen LogP contribution < -0.4 is 10.5 Å². The first-order valence-electron chi connectivity index (χ1n) is 7.11. The minimum atomic E-state index is 0.790. The summed E-state index contributed by atoms with van der Waals surface area (Å²) >= 11 is 0. The fraction of sp³-hybridized carbons (Fsp3) is 0.625. The lowest BCUT2D eigenvalue weighted by Crippen LogP contribution is -2.23. The number of rotatable bonds is 8. The van der Waals surface area contributed by atoms with Crippen LogP contribution in [0.5, 0.6) is 5.75 Å². The zero-order valence-electron chi connectivity index (χ0n) is 12.8. The minimum Gasteiger partial charge on any atom is -0.496 e. The van der Waals surface area contributed by atoms with Gasteiger partial charge < -0.3 is 15.4 Å². The molecule has 0 aliphatic heterocycles. The van der Waals surface area contributed by atoms with E-state index in [1.165, 1.54) is 23.1 Å². The molecule has 108 valence electrons. The van der Waals surface area contributed by atoms with Crippen LogP contribution in [0.2, 0.25) is 0 Å². The number of methoxy groups -OCH3 is 1. The third-order valence-corrected chi connectivity index (χ3v) is 3.53. The Bertz CT molecular complexity index is 391. The topological polar surface area (TPSA) is 38.5 Å². The number of unbranched alkanes of at least 4 members (excludes halogenated alkanes) is 1. The molecule has 0 saturated carbocycles. The van der Waals surface area contributed by atoms with Crippen LogP contribution in [0.3, 0.4) is 0 Å². The van der Waals surface area contributed by atoms with E-state index in [2.05, 4.69) is 37.9 Å². The molecule has 0 atom stereocenters. The number of hydrogen-bond acceptors (Lipinski definition) is 3. The summed E-state index contributed by atoms with van der Waals surface area (Å²) in [5.74, 6) is 1.02. The second-order valence-electron chi connectivity index (χ2n) is 5.31. The average molecular weight is 264 g/mol. The monoisotopic (exact) mass is 264 g/mol. The van der Waals surface area contributed by atoms with E-state index in [9.17, 15) is 0 Å². The maximum Gasteiger partial charge on any atom is 0.122 e. The average Bonchev–Trinajstić information content (AvgIpc) is 2.37. The van der Waals surface area contributed by atoms with Gasteiger partial charge in [-0.1, -0.05) is 6.07 Å². The van der Waals surface area contributed by atoms with Gasteiger partial charge in [0.15, 0.2) is 0 Å². The second kappa shape index (κ2) is 8.18. The number of nitrogens with two attached hydrogens (primary N) is 1. The van der Waals surface area contributed by atoms with Crippen LogP contribution in [-0.2, 0) is 6.42 Å². The Labute approximate surface area is 117 Å². The quantitative estimate of drug-likeness (QED) is 0.733. The van der Waals surface area contributed by atoms with E-state index in [0.717, 1.165) is 38.2 Å². The zero-order chi connectivity index (χ0) is 14.3. The zero-order valence-corrected chi connectivity index (χ0v) is 12.8. The molecule has 0 saturated heterocycles. The molecule has 0 aliphatic rings. The molecule has 0 aromatic heterocycles. The van der Waals surface area contributed by atoms with Crippen molar-refractivity contribution in [3.8, 4) is 5.75 Å². The van der Waals surface area contributed by atoms with E-state index in [0.29, 0.717) is 0 Å². The molecular formula is C16H28N2O. The number of benzene rings is 1. The molecule has 19 heavy (non-hydrogen) atoms. The smallest absolute Gasteiger partial charge is 0.122 e. The molecule has 0 bridgehead atoms. The highest BCUT2D eigenvalue weighted by molar-refractivity contribution is 5.43. The van der Waals surface area contributed by atoms with E-state index < -0.39 is 0 Å². The standard InChI is InChI=1S/C16H28N2O/c1-13-11-14(2)15(16(12-13)19-4)7-10-18(3)9-6-5-8-17/h11-12H,5-10,17H2,1-4H3. The van der Waals surface area contributed by atoms with Gasteiger partial charge in [-0.3, -0.25) is 0 Å². The summed E-state index contributed by atoms with van der Waals surface area (Å²) in [5, 5.41) is 0. The van der Waals surface area contributed by atoms with Crippen molar-refractivity contribution in [1.29, 1.82) is 0 Å². The summed E-state index contributed by atoms with van der Waals surface area (Å²) in [6.07, 6.45) is 3.32. The van der Waals surface area contributed by atoms with Crippen molar-refractivity contribution >= 4 is 0 Å². The molecule has 0 radical (unpaired) electrons. The Morgan fingerprint density at radius 1 is 1.16 bits per heavy atom. The molecule has 1 aromatic carbocycles. The predicted molar refractivity (Wildman–Crippen MR) is 82.0 cm³/mol. The predicted octanol–water partition coefficient (Wildman–Crippen LogP) is 2.53. The van der Waals surface area contributed by atoms with E-state index in [1.54, 1.807) is 7.11 Å². The second-order valence-corrected chi connectivity index (χ2v) is 5.31. The van der Waals surface area contributed by atoms with E-state index in [-0.39, 0.29) is 0 Å². The Morgan fingerprint density at radius 2 is 1.89 bits per heavy atom. The van der Waals surface area contributed by atoms with Gasteiger partial charge in [0.05, 0.1) is 7.11 Å². The molecule has 1 aromatic rings. The van der Waals surface area contributed by atoms with Gasteiger partial charge >= 0.3 is 0 Å². The summed E-state index contributed by atoms with van der Waals surface area (Å²) in [6, 6.07) is 4.35. The molecule has 0 spiro atoms. The molecule has 0 heterocycles. The van der Waals surface area contributed by atoms with Crippen LogP contribution in [0.4, 0.5) is 0 Å². The fourth-order valence-electron chi connectivity index (χ4n) is 2.40. The molecule has 3 heteroatoms. The molecule has 0 aliphatic carbocycles. The maximum atomic E-state index is 5.52. The lowest BCUT2D eigenvalue weighted by atomic mass is 10.0. The number of aryl methyl sites for hydroxylation is 2. The van der Waals surface area contributed by atoms with Gasteiger partial charge in [0.2, 0.25) is 0 Å². The summed E-state index contributed by atoms with van der Waals surface area (Å²) in [5.41, 5.74) is 9.43. The number of ether oxygens (including phenoxy) is 1. The van der Waals surface area contributed by atoms with Gasteiger partial charge in [0, 0.05) is 6.54 Å². The Kier molecular flexibility index (Phi) is 6.89. The van der Waals surface area contributed by atoms with E-state index >= 15 is 0 Å². The third kappa shape index (κ3) is 5.21. The van der Waals surface area contributed by atoms with Crippen LogP contribution in [0.1, 0.15) is 29.5 Å². The van der Waals surface area contributed by atoms with Crippen LogP contribution in [0.25, 0.3) is 0 Å². The molecule has 1 rings (SSSR count). The van der Waals surface area contributed by atoms with E-state index in [4.69, 9.17) is 10.5 Å². The van der Waals surface area contributed by atoms with Crippen molar-refractivity contribution in [1.82, 2.24) is 4.90 Å². The summed E-state index contributed by atoms with van der Waals surface area (Å²) in [6.45, 7) is 7.24. The molecule has 3 nitrogen and oxygen atoms in total. The van der Waals surface area contributed by atoms with Crippen molar-refractivity contribution in [2.75, 3.05) is 33.8 Å². The Hall–Kier alpha value is -1.06. The molecular weight excluding hydrogens is 236 g/mol. The lowest BCUT2D eigenvalue weighted by Gasteiger charge is -2.19. The molecule has 0 amide bonds. The Balaban J connectivity index is 2.57. The SMILES string of the molecule is COc1cc(C)cc(C)c1CCN(C)CCCCN. The summed E-state index contributed by atoms with van der Waals surface area (Å²) < 4.78 is 5.50. The van der Waals surface area contributed by atoms with Gasteiger partial charge in [0.25, 0.3) is 0 Å². The first kappa shape index (κ1) is 16.0. The molecule has 2 N–H and O–H groups in total. The van der Waals surface area contributed by atoms with Crippen LogP contribution in [-0.4, -0.2) is 38.7 Å². The number of likely N-dealkylation sites (N-methyl/N-ethyl adjacent to an activating group) is 1. The van der Waals surface area contributed by atoms with Crippen molar-refractivity contribution in [3.63, 3.8) is 0 Å². The van der Waals surface area contributed by atoms with Crippen molar-refractivity contribution in [2.45, 2.75) is 33.1 Å². The Morgan fingerprint density at radius 3 is 2.53 bits per heavy atom. The van der Waals surface area contributed by atoms with Crippen molar-refractivity contribution in [2.24, 2.45) is 5.73 Å². The van der Waals surface area contributed by atoms with Gasteiger partial charge in [-0.15, -0.1) is 0 Å². The fourth-order valence-corrected chi connectivity index (χ4v) is 2.40. The van der Waals surface area contributed by atoms with Gasteiger partial charge in [0.1, 0.15) is 5.75 Å². The van der Waals surface area contributed by atoms with Gasteiger partial charge in [-0.2, -0.15) is 0 Å². The van der Waals surface area contributed by atoms with Gasteiger partial charge in [-0.25, -0.2) is 0 Å².